The van der Waals surface area contributed by atoms with Gasteiger partial charge in [-0.05, 0) is 37.1 Å². The molecule has 0 aliphatic heterocycles. The zero-order chi connectivity index (χ0) is 19.9. The molecule has 148 valence electrons. The number of nitrogens with zero attached hydrogens (tertiary/aromatic N) is 2. The highest BCUT2D eigenvalue weighted by molar-refractivity contribution is 5.82. The third-order valence-electron chi connectivity index (χ3n) is 4.59. The third-order valence-corrected chi connectivity index (χ3v) is 4.59. The molecule has 1 fully saturated rings. The quantitative estimate of drug-likeness (QED) is 0.429. The Balaban J connectivity index is 1.56. The van der Waals surface area contributed by atoms with Gasteiger partial charge in [-0.1, -0.05) is 19.3 Å². The Morgan fingerprint density at radius 1 is 1.29 bits per heavy atom. The molecule has 0 spiro atoms. The SMILES string of the molecule is O=C(CNC1CCCCC1)N/N=C\c1ccc(-c2ccc(F)cc2[N+](=O)[O-])o1. The van der Waals surface area contributed by atoms with Gasteiger partial charge in [-0.3, -0.25) is 14.9 Å². The summed E-state index contributed by atoms with van der Waals surface area (Å²) in [7, 11) is 0. The molecule has 1 aliphatic rings. The maximum absolute atomic E-state index is 13.3. The first kappa shape index (κ1) is 19.7. The van der Waals surface area contributed by atoms with Crippen LogP contribution >= 0.6 is 0 Å². The Hall–Kier alpha value is -3.07. The first-order valence-electron chi connectivity index (χ1n) is 9.12. The van der Waals surface area contributed by atoms with E-state index in [1.165, 1.54) is 37.6 Å². The van der Waals surface area contributed by atoms with Crippen molar-refractivity contribution in [3.8, 4) is 11.3 Å². The van der Waals surface area contributed by atoms with Crippen LogP contribution in [-0.4, -0.2) is 29.6 Å². The van der Waals surface area contributed by atoms with E-state index < -0.39 is 10.7 Å². The largest absolute Gasteiger partial charge is 0.455 e. The number of carbonyl (C=O) groups is 1. The highest BCUT2D eigenvalue weighted by atomic mass is 19.1. The maximum Gasteiger partial charge on any atom is 0.283 e. The smallest absolute Gasteiger partial charge is 0.283 e. The van der Waals surface area contributed by atoms with Gasteiger partial charge in [0, 0.05) is 6.04 Å². The molecule has 2 aromatic rings. The van der Waals surface area contributed by atoms with Crippen molar-refractivity contribution in [1.29, 1.82) is 0 Å². The van der Waals surface area contributed by atoms with Crippen LogP contribution in [0.1, 0.15) is 37.9 Å². The van der Waals surface area contributed by atoms with Gasteiger partial charge in [0.15, 0.2) is 0 Å². The molecular weight excluding hydrogens is 367 g/mol. The number of furan rings is 1. The first-order chi connectivity index (χ1) is 13.5. The summed E-state index contributed by atoms with van der Waals surface area (Å²) in [6, 6.07) is 6.70. The van der Waals surface area contributed by atoms with Crippen molar-refractivity contribution < 1.29 is 18.5 Å². The number of hydrogen-bond acceptors (Lipinski definition) is 6. The Labute approximate surface area is 161 Å². The van der Waals surface area contributed by atoms with E-state index in [0.29, 0.717) is 11.8 Å². The number of carbonyl (C=O) groups excluding carboxylic acids is 1. The maximum atomic E-state index is 13.3. The summed E-state index contributed by atoms with van der Waals surface area (Å²) in [4.78, 5) is 22.2. The van der Waals surface area contributed by atoms with Crippen molar-refractivity contribution in [3.63, 3.8) is 0 Å². The standard InChI is InChI=1S/C19H21FN4O4/c20-13-6-8-16(17(10-13)24(26)27)18-9-7-15(28-18)11-22-23-19(25)12-21-14-4-2-1-3-5-14/h6-11,14,21H,1-5,12H2,(H,23,25)/b22-11-. The van der Waals surface area contributed by atoms with Gasteiger partial charge < -0.3 is 9.73 Å². The number of hydrazone groups is 1. The van der Waals surface area contributed by atoms with E-state index in [4.69, 9.17) is 4.42 Å². The van der Waals surface area contributed by atoms with Crippen molar-refractivity contribution in [3.05, 3.63) is 52.0 Å². The lowest BCUT2D eigenvalue weighted by Crippen LogP contribution is -2.38. The Morgan fingerprint density at radius 3 is 2.82 bits per heavy atom. The van der Waals surface area contributed by atoms with Crippen LogP contribution in [0.25, 0.3) is 11.3 Å². The molecule has 0 atom stereocenters. The number of rotatable bonds is 7. The molecule has 0 saturated heterocycles. The van der Waals surface area contributed by atoms with Gasteiger partial charge in [-0.15, -0.1) is 0 Å². The lowest BCUT2D eigenvalue weighted by atomic mass is 9.95. The van der Waals surface area contributed by atoms with Crippen molar-refractivity contribution in [2.24, 2.45) is 5.10 Å². The predicted molar refractivity (Wildman–Crippen MR) is 101 cm³/mol. The van der Waals surface area contributed by atoms with Gasteiger partial charge in [-0.25, -0.2) is 9.82 Å². The fraction of sp³-hybridized carbons (Fsp3) is 0.368. The third kappa shape index (κ3) is 5.23. The second-order valence-electron chi connectivity index (χ2n) is 6.63. The fourth-order valence-corrected chi connectivity index (χ4v) is 3.18. The number of nitro groups is 1. The summed E-state index contributed by atoms with van der Waals surface area (Å²) in [5, 5.41) is 18.1. The molecule has 1 saturated carbocycles. The van der Waals surface area contributed by atoms with E-state index in [1.807, 2.05) is 0 Å². The summed E-state index contributed by atoms with van der Waals surface area (Å²) in [5.41, 5.74) is 2.18. The highest BCUT2D eigenvalue weighted by Crippen LogP contribution is 2.31. The number of nitrogens with one attached hydrogen (secondary N) is 2. The van der Waals surface area contributed by atoms with Crippen molar-refractivity contribution in [2.45, 2.75) is 38.1 Å². The Morgan fingerprint density at radius 2 is 2.07 bits per heavy atom. The molecule has 0 radical (unpaired) electrons. The van der Waals surface area contributed by atoms with Crippen LogP contribution < -0.4 is 10.7 Å². The summed E-state index contributed by atoms with van der Waals surface area (Å²) < 4.78 is 18.7. The number of nitro benzene ring substituents is 1. The zero-order valence-electron chi connectivity index (χ0n) is 15.2. The molecule has 0 unspecified atom stereocenters. The van der Waals surface area contributed by atoms with Crippen LogP contribution in [0.5, 0.6) is 0 Å². The average Bonchev–Trinajstić information content (AvgIpc) is 3.16. The molecule has 8 nitrogen and oxygen atoms in total. The zero-order valence-corrected chi connectivity index (χ0v) is 15.2. The molecule has 2 N–H and O–H groups in total. The van der Waals surface area contributed by atoms with Crippen LogP contribution in [0, 0.1) is 15.9 Å². The van der Waals surface area contributed by atoms with Gasteiger partial charge in [0.1, 0.15) is 17.3 Å². The molecular formula is C19H21FN4O4. The van der Waals surface area contributed by atoms with E-state index in [2.05, 4.69) is 15.8 Å². The van der Waals surface area contributed by atoms with Crippen molar-refractivity contribution in [2.75, 3.05) is 6.54 Å². The molecule has 28 heavy (non-hydrogen) atoms. The van der Waals surface area contributed by atoms with E-state index >= 15 is 0 Å². The number of amides is 1. The Bertz CT molecular complexity index is 875. The van der Waals surface area contributed by atoms with Gasteiger partial charge in [0.25, 0.3) is 11.6 Å². The predicted octanol–water partition coefficient (Wildman–Crippen LogP) is 3.37. The molecule has 1 aromatic carbocycles. The van der Waals surface area contributed by atoms with E-state index in [1.54, 1.807) is 6.07 Å². The lowest BCUT2D eigenvalue weighted by Gasteiger charge is -2.22. The molecule has 3 rings (SSSR count). The van der Waals surface area contributed by atoms with Crippen molar-refractivity contribution >= 4 is 17.8 Å². The van der Waals surface area contributed by atoms with E-state index in [9.17, 15) is 19.3 Å². The molecule has 0 bridgehead atoms. The van der Waals surface area contributed by atoms with Crippen LogP contribution in [0.15, 0.2) is 39.9 Å². The van der Waals surface area contributed by atoms with E-state index in [0.717, 1.165) is 25.0 Å². The molecule has 1 aliphatic carbocycles. The first-order valence-corrected chi connectivity index (χ1v) is 9.12. The van der Waals surface area contributed by atoms with Gasteiger partial charge in [0.05, 0.1) is 29.3 Å². The van der Waals surface area contributed by atoms with Gasteiger partial charge in [0.2, 0.25) is 0 Å². The highest BCUT2D eigenvalue weighted by Gasteiger charge is 2.19. The van der Waals surface area contributed by atoms with Gasteiger partial charge in [-0.2, -0.15) is 5.10 Å². The number of benzene rings is 1. The average molecular weight is 388 g/mol. The van der Waals surface area contributed by atoms with E-state index in [-0.39, 0.29) is 29.5 Å². The topological polar surface area (TPSA) is 110 Å². The number of hydrogen-bond donors (Lipinski definition) is 2. The minimum Gasteiger partial charge on any atom is -0.455 e. The van der Waals surface area contributed by atoms with Crippen molar-refractivity contribution in [1.82, 2.24) is 10.7 Å². The fourth-order valence-electron chi connectivity index (χ4n) is 3.18. The van der Waals surface area contributed by atoms with Crippen LogP contribution in [-0.2, 0) is 4.79 Å². The summed E-state index contributed by atoms with van der Waals surface area (Å²) in [6.45, 7) is 0.188. The molecule has 1 amide bonds. The summed E-state index contributed by atoms with van der Waals surface area (Å²) in [5.74, 6) is -0.455. The minimum atomic E-state index is -0.701. The molecule has 1 heterocycles. The second kappa shape index (κ2) is 9.23. The van der Waals surface area contributed by atoms with Crippen LogP contribution in [0.4, 0.5) is 10.1 Å². The van der Waals surface area contributed by atoms with Crippen LogP contribution in [0.3, 0.4) is 0 Å². The monoisotopic (exact) mass is 388 g/mol. The lowest BCUT2D eigenvalue weighted by molar-refractivity contribution is -0.384. The number of halogens is 1. The van der Waals surface area contributed by atoms with Gasteiger partial charge >= 0.3 is 0 Å². The molecule has 1 aromatic heterocycles. The summed E-state index contributed by atoms with van der Waals surface area (Å²) >= 11 is 0. The summed E-state index contributed by atoms with van der Waals surface area (Å²) in [6.07, 6.45) is 7.09. The second-order valence-corrected chi connectivity index (χ2v) is 6.63. The van der Waals surface area contributed by atoms with Crippen LogP contribution in [0.2, 0.25) is 0 Å². The minimum absolute atomic E-state index is 0.159. The normalized spacial score (nSPS) is 15.0. The molecule has 9 heteroatoms. The Kier molecular flexibility index (Phi) is 6.49.